The lowest BCUT2D eigenvalue weighted by Gasteiger charge is -2.35. The maximum Gasteiger partial charge on any atom is 0.0460 e. The molecule has 0 aliphatic heterocycles. The first-order chi connectivity index (χ1) is 6.06. The van der Waals surface area contributed by atoms with Gasteiger partial charge in [0.05, 0.1) is 0 Å². The van der Waals surface area contributed by atoms with Crippen LogP contribution < -0.4 is 0 Å². The fourth-order valence-corrected chi connectivity index (χ4v) is 2.16. The number of nitrogens with zero attached hydrogens (tertiary/aromatic N) is 3. The van der Waals surface area contributed by atoms with E-state index in [2.05, 4.69) is 16.9 Å². The van der Waals surface area contributed by atoms with Crippen molar-refractivity contribution >= 4 is 0 Å². The highest BCUT2D eigenvalue weighted by atomic mass is 15.2. The van der Waals surface area contributed by atoms with Gasteiger partial charge >= 0.3 is 0 Å². The number of hydrogen-bond donors (Lipinski definition) is 0. The van der Waals surface area contributed by atoms with Crippen molar-refractivity contribution in [2.24, 2.45) is 17.0 Å². The average molecular weight is 181 g/mol. The first kappa shape index (κ1) is 10.4. The van der Waals surface area contributed by atoms with Gasteiger partial charge in [0.25, 0.3) is 0 Å². The lowest BCUT2D eigenvalue weighted by molar-refractivity contribution is 0.205. The highest BCUT2D eigenvalue weighted by Gasteiger charge is 2.31. The Bertz CT molecular complexity index is 208. The van der Waals surface area contributed by atoms with E-state index in [1.807, 2.05) is 13.8 Å². The van der Waals surface area contributed by atoms with E-state index in [9.17, 15) is 0 Å². The second-order valence-corrected chi connectivity index (χ2v) is 4.80. The maximum absolute atomic E-state index is 8.44. The minimum absolute atomic E-state index is 0.186. The first-order valence-electron chi connectivity index (χ1n) is 5.12. The van der Waals surface area contributed by atoms with Crippen LogP contribution in [0.1, 0.15) is 46.5 Å². The quantitative estimate of drug-likeness (QED) is 0.352. The summed E-state index contributed by atoms with van der Waals surface area (Å²) in [6.07, 6.45) is 5.00. The predicted octanol–water partition coefficient (Wildman–Crippen LogP) is 3.90. The summed E-state index contributed by atoms with van der Waals surface area (Å²) < 4.78 is 0. The Morgan fingerprint density at radius 2 is 1.77 bits per heavy atom. The van der Waals surface area contributed by atoms with Crippen LogP contribution in [0.2, 0.25) is 0 Å². The summed E-state index contributed by atoms with van der Waals surface area (Å²) in [6.45, 7) is 6.40. The molecule has 0 aromatic rings. The number of azide groups is 1. The van der Waals surface area contributed by atoms with Crippen molar-refractivity contribution < 1.29 is 0 Å². The summed E-state index contributed by atoms with van der Waals surface area (Å²) in [5.74, 6) is 1.44. The van der Waals surface area contributed by atoms with Crippen molar-refractivity contribution in [2.75, 3.05) is 0 Å². The zero-order valence-electron chi connectivity index (χ0n) is 8.82. The molecule has 1 aliphatic rings. The van der Waals surface area contributed by atoms with Gasteiger partial charge in [-0.1, -0.05) is 38.7 Å². The summed E-state index contributed by atoms with van der Waals surface area (Å²) >= 11 is 0. The standard InChI is InChI=1S/C10H19N3/c1-8-4-6-9(7-5-8)10(2,3)12-13-11/h8-9H,4-7H2,1-3H3. The van der Waals surface area contributed by atoms with Crippen molar-refractivity contribution in [3.05, 3.63) is 10.4 Å². The molecule has 3 heteroatoms. The molecule has 0 saturated heterocycles. The zero-order chi connectivity index (χ0) is 9.90. The van der Waals surface area contributed by atoms with Crippen LogP contribution in [-0.2, 0) is 0 Å². The molecule has 1 rings (SSSR count). The highest BCUT2D eigenvalue weighted by molar-refractivity contribution is 4.88. The van der Waals surface area contributed by atoms with Crippen LogP contribution in [0.5, 0.6) is 0 Å². The summed E-state index contributed by atoms with van der Waals surface area (Å²) in [5, 5.41) is 3.89. The Balaban J connectivity index is 2.57. The molecule has 0 amide bonds. The molecular weight excluding hydrogens is 162 g/mol. The van der Waals surface area contributed by atoms with E-state index in [-0.39, 0.29) is 5.54 Å². The summed E-state index contributed by atoms with van der Waals surface area (Å²) in [7, 11) is 0. The van der Waals surface area contributed by atoms with Crippen LogP contribution in [0, 0.1) is 11.8 Å². The van der Waals surface area contributed by atoms with E-state index in [4.69, 9.17) is 5.53 Å². The fraction of sp³-hybridized carbons (Fsp3) is 1.00. The molecule has 0 aromatic carbocycles. The Morgan fingerprint density at radius 1 is 1.23 bits per heavy atom. The Kier molecular flexibility index (Phi) is 3.21. The summed E-state index contributed by atoms with van der Waals surface area (Å²) in [6, 6.07) is 0. The third kappa shape index (κ3) is 2.63. The van der Waals surface area contributed by atoms with Crippen LogP contribution >= 0.6 is 0 Å². The molecule has 74 valence electrons. The fourth-order valence-electron chi connectivity index (χ4n) is 2.16. The van der Waals surface area contributed by atoms with Gasteiger partial charge in [-0.25, -0.2) is 0 Å². The van der Waals surface area contributed by atoms with Crippen molar-refractivity contribution in [3.63, 3.8) is 0 Å². The molecule has 0 N–H and O–H groups in total. The van der Waals surface area contributed by atoms with Crippen molar-refractivity contribution in [1.82, 2.24) is 0 Å². The van der Waals surface area contributed by atoms with E-state index in [0.717, 1.165) is 5.92 Å². The normalized spacial score (nSPS) is 29.5. The van der Waals surface area contributed by atoms with E-state index < -0.39 is 0 Å². The molecular formula is C10H19N3. The van der Waals surface area contributed by atoms with E-state index in [1.165, 1.54) is 25.7 Å². The van der Waals surface area contributed by atoms with Crippen LogP contribution in [0.25, 0.3) is 10.4 Å². The number of rotatable bonds is 2. The van der Waals surface area contributed by atoms with Crippen LogP contribution in [0.4, 0.5) is 0 Å². The largest absolute Gasteiger partial charge is 0.0876 e. The molecule has 0 spiro atoms. The third-order valence-electron chi connectivity index (χ3n) is 3.32. The molecule has 0 radical (unpaired) electrons. The van der Waals surface area contributed by atoms with Gasteiger partial charge in [-0.15, -0.1) is 0 Å². The van der Waals surface area contributed by atoms with Gasteiger partial charge in [0.1, 0.15) is 0 Å². The van der Waals surface area contributed by atoms with Gasteiger partial charge in [0.2, 0.25) is 0 Å². The third-order valence-corrected chi connectivity index (χ3v) is 3.32. The lowest BCUT2D eigenvalue weighted by Crippen LogP contribution is -2.31. The molecule has 3 nitrogen and oxygen atoms in total. The Morgan fingerprint density at radius 3 is 2.23 bits per heavy atom. The monoisotopic (exact) mass is 181 g/mol. The van der Waals surface area contributed by atoms with Crippen molar-refractivity contribution in [3.8, 4) is 0 Å². The van der Waals surface area contributed by atoms with E-state index >= 15 is 0 Å². The predicted molar refractivity (Wildman–Crippen MR) is 54.3 cm³/mol. The average Bonchev–Trinajstić information content (AvgIpc) is 2.05. The summed E-state index contributed by atoms with van der Waals surface area (Å²) in [5.41, 5.74) is 8.26. The van der Waals surface area contributed by atoms with Gasteiger partial charge in [0, 0.05) is 10.5 Å². The molecule has 0 aromatic heterocycles. The van der Waals surface area contributed by atoms with E-state index in [1.54, 1.807) is 0 Å². The van der Waals surface area contributed by atoms with Gasteiger partial charge in [-0.2, -0.15) is 0 Å². The second-order valence-electron chi connectivity index (χ2n) is 4.80. The first-order valence-corrected chi connectivity index (χ1v) is 5.12. The molecule has 1 saturated carbocycles. The molecule has 0 atom stereocenters. The smallest absolute Gasteiger partial charge is 0.0460 e. The van der Waals surface area contributed by atoms with Crippen molar-refractivity contribution in [1.29, 1.82) is 0 Å². The molecule has 1 aliphatic carbocycles. The molecule has 1 fully saturated rings. The van der Waals surface area contributed by atoms with Gasteiger partial charge in [-0.3, -0.25) is 0 Å². The van der Waals surface area contributed by atoms with E-state index in [0.29, 0.717) is 5.92 Å². The molecule has 13 heavy (non-hydrogen) atoms. The lowest BCUT2D eigenvalue weighted by atomic mass is 9.74. The highest BCUT2D eigenvalue weighted by Crippen LogP contribution is 2.37. The minimum Gasteiger partial charge on any atom is -0.0876 e. The van der Waals surface area contributed by atoms with Crippen molar-refractivity contribution in [2.45, 2.75) is 52.0 Å². The molecule has 0 bridgehead atoms. The second kappa shape index (κ2) is 4.01. The minimum atomic E-state index is -0.186. The Labute approximate surface area is 80.2 Å². The maximum atomic E-state index is 8.44. The topological polar surface area (TPSA) is 48.8 Å². The van der Waals surface area contributed by atoms with Crippen LogP contribution in [0.3, 0.4) is 0 Å². The van der Waals surface area contributed by atoms with Gasteiger partial charge in [-0.05, 0) is 30.2 Å². The Hall–Kier alpha value is -0.690. The van der Waals surface area contributed by atoms with Crippen LogP contribution in [0.15, 0.2) is 5.11 Å². The van der Waals surface area contributed by atoms with Gasteiger partial charge < -0.3 is 0 Å². The molecule has 0 heterocycles. The summed E-state index contributed by atoms with van der Waals surface area (Å²) in [4.78, 5) is 2.93. The molecule has 0 unspecified atom stereocenters. The van der Waals surface area contributed by atoms with Crippen LogP contribution in [-0.4, -0.2) is 5.54 Å². The number of hydrogen-bond acceptors (Lipinski definition) is 1. The van der Waals surface area contributed by atoms with Gasteiger partial charge in [0.15, 0.2) is 0 Å². The SMILES string of the molecule is CC1CCC(C(C)(C)N=[N+]=[N-])CC1. The zero-order valence-corrected chi connectivity index (χ0v) is 8.82.